The van der Waals surface area contributed by atoms with E-state index in [1.54, 1.807) is 0 Å². The summed E-state index contributed by atoms with van der Waals surface area (Å²) in [4.78, 5) is 8.76. The zero-order chi connectivity index (χ0) is 22.9. The molecule has 0 bridgehead atoms. The molecular formula is C29H33N3S. The predicted molar refractivity (Wildman–Crippen MR) is 140 cm³/mol. The molecule has 4 aromatic rings. The van der Waals surface area contributed by atoms with E-state index in [0.717, 1.165) is 38.4 Å². The quantitative estimate of drug-likeness (QED) is 0.222. The second-order valence-electron chi connectivity index (χ2n) is 8.39. The van der Waals surface area contributed by atoms with Crippen LogP contribution < -0.4 is 0 Å². The lowest BCUT2D eigenvalue weighted by atomic mass is 10.1. The van der Waals surface area contributed by atoms with E-state index in [4.69, 9.17) is 4.98 Å². The molecule has 0 N–H and O–H groups in total. The van der Waals surface area contributed by atoms with Crippen molar-refractivity contribution in [3.8, 4) is 11.4 Å². The highest BCUT2D eigenvalue weighted by atomic mass is 32.2. The third kappa shape index (κ3) is 6.16. The maximum absolute atomic E-state index is 4.87. The molecular weight excluding hydrogens is 422 g/mol. The van der Waals surface area contributed by atoms with E-state index >= 15 is 0 Å². The van der Waals surface area contributed by atoms with Crippen molar-refractivity contribution in [2.24, 2.45) is 0 Å². The minimum absolute atomic E-state index is 0.862. The molecule has 3 aromatic carbocycles. The first-order valence-electron chi connectivity index (χ1n) is 11.8. The third-order valence-corrected chi connectivity index (χ3v) is 6.76. The molecule has 1 heterocycles. The van der Waals surface area contributed by atoms with Gasteiger partial charge in [-0.3, -0.25) is 4.90 Å². The fourth-order valence-corrected chi connectivity index (χ4v) is 4.84. The summed E-state index contributed by atoms with van der Waals surface area (Å²) in [5.41, 5.74) is 5.17. The fourth-order valence-electron chi connectivity index (χ4n) is 4.23. The Kier molecular flexibility index (Phi) is 8.40. The van der Waals surface area contributed by atoms with Crippen LogP contribution >= 0.6 is 11.8 Å². The van der Waals surface area contributed by atoms with Gasteiger partial charge in [-0.15, -0.1) is 11.8 Å². The van der Waals surface area contributed by atoms with Gasteiger partial charge in [0.05, 0.1) is 11.9 Å². The lowest BCUT2D eigenvalue weighted by molar-refractivity contribution is 0.239. The van der Waals surface area contributed by atoms with E-state index in [9.17, 15) is 0 Å². The highest BCUT2D eigenvalue weighted by molar-refractivity contribution is 7.98. The number of nitrogens with zero attached hydrogens (tertiary/aromatic N) is 3. The molecule has 0 aliphatic carbocycles. The molecule has 0 atom stereocenters. The Morgan fingerprint density at radius 1 is 0.818 bits per heavy atom. The number of benzene rings is 3. The van der Waals surface area contributed by atoms with E-state index in [2.05, 4.69) is 114 Å². The molecule has 0 unspecified atom stereocenters. The zero-order valence-corrected chi connectivity index (χ0v) is 20.5. The van der Waals surface area contributed by atoms with Crippen molar-refractivity contribution in [1.29, 1.82) is 0 Å². The molecule has 4 rings (SSSR count). The lowest BCUT2D eigenvalue weighted by Crippen LogP contribution is -2.24. The van der Waals surface area contributed by atoms with Gasteiger partial charge < -0.3 is 4.57 Å². The molecule has 0 aliphatic heterocycles. The van der Waals surface area contributed by atoms with Gasteiger partial charge in [0.25, 0.3) is 0 Å². The van der Waals surface area contributed by atoms with E-state index in [0.29, 0.717) is 0 Å². The Labute approximate surface area is 202 Å². The van der Waals surface area contributed by atoms with Crippen LogP contribution in [-0.2, 0) is 26.2 Å². The molecule has 0 radical (unpaired) electrons. The highest BCUT2D eigenvalue weighted by Crippen LogP contribution is 2.25. The van der Waals surface area contributed by atoms with Crippen molar-refractivity contribution >= 4 is 11.8 Å². The third-order valence-electron chi connectivity index (χ3n) is 5.93. The Balaban J connectivity index is 1.65. The standard InChI is InChI=1S/C29H33N3S/c1-3-4-19-32-27(20-30-29(32)25-15-9-6-10-16-25)23-31(21-24-13-7-5-8-14-24)22-26-17-11-12-18-28(26)33-2/h5-18,20H,3-4,19,21-23H2,1-2H3. The summed E-state index contributed by atoms with van der Waals surface area (Å²) in [5.74, 6) is 1.07. The van der Waals surface area contributed by atoms with Crippen molar-refractivity contribution < 1.29 is 0 Å². The van der Waals surface area contributed by atoms with E-state index in [1.807, 2.05) is 11.8 Å². The number of aromatic nitrogens is 2. The second-order valence-corrected chi connectivity index (χ2v) is 9.24. The van der Waals surface area contributed by atoms with E-state index in [1.165, 1.54) is 33.7 Å². The smallest absolute Gasteiger partial charge is 0.140 e. The minimum Gasteiger partial charge on any atom is -0.327 e. The SMILES string of the molecule is CCCCn1c(CN(Cc2ccccc2)Cc2ccccc2SC)cnc1-c1ccccc1. The zero-order valence-electron chi connectivity index (χ0n) is 19.7. The van der Waals surface area contributed by atoms with E-state index < -0.39 is 0 Å². The van der Waals surface area contributed by atoms with Crippen LogP contribution in [0.25, 0.3) is 11.4 Å². The maximum Gasteiger partial charge on any atom is 0.140 e. The predicted octanol–water partition coefficient (Wildman–Crippen LogP) is 7.27. The van der Waals surface area contributed by atoms with Crippen LogP contribution in [0.2, 0.25) is 0 Å². The summed E-state index contributed by atoms with van der Waals surface area (Å²) in [5, 5.41) is 0. The molecule has 4 heteroatoms. The average molecular weight is 456 g/mol. The number of hydrogen-bond acceptors (Lipinski definition) is 3. The Morgan fingerprint density at radius 3 is 2.24 bits per heavy atom. The summed E-state index contributed by atoms with van der Waals surface area (Å²) in [7, 11) is 0. The van der Waals surface area contributed by atoms with Gasteiger partial charge in [-0.25, -0.2) is 4.98 Å². The summed E-state index contributed by atoms with van der Waals surface area (Å²) < 4.78 is 2.43. The van der Waals surface area contributed by atoms with Gasteiger partial charge in [-0.2, -0.15) is 0 Å². The monoisotopic (exact) mass is 455 g/mol. The number of thioether (sulfide) groups is 1. The summed E-state index contributed by atoms with van der Waals surface area (Å²) in [6, 6.07) is 30.1. The first-order valence-corrected chi connectivity index (χ1v) is 13.0. The number of rotatable bonds is 11. The molecule has 0 fully saturated rings. The van der Waals surface area contributed by atoms with Gasteiger partial charge in [-0.1, -0.05) is 92.2 Å². The van der Waals surface area contributed by atoms with Crippen LogP contribution in [-0.4, -0.2) is 20.7 Å². The molecule has 1 aromatic heterocycles. The fraction of sp³-hybridized carbons (Fsp3) is 0.276. The Bertz CT molecular complexity index is 1120. The molecule has 0 amide bonds. The van der Waals surface area contributed by atoms with Crippen LogP contribution in [0.3, 0.4) is 0 Å². The molecule has 0 saturated carbocycles. The highest BCUT2D eigenvalue weighted by Gasteiger charge is 2.16. The topological polar surface area (TPSA) is 21.1 Å². The first kappa shape index (κ1) is 23.3. The normalized spacial score (nSPS) is 11.2. The van der Waals surface area contributed by atoms with Crippen LogP contribution in [0.15, 0.2) is 96.0 Å². The maximum atomic E-state index is 4.87. The minimum atomic E-state index is 0.862. The summed E-state index contributed by atoms with van der Waals surface area (Å²) in [6.07, 6.45) is 6.56. The molecule has 0 spiro atoms. The van der Waals surface area contributed by atoms with Crippen molar-refractivity contribution in [2.75, 3.05) is 6.26 Å². The van der Waals surface area contributed by atoms with Crippen molar-refractivity contribution in [1.82, 2.24) is 14.5 Å². The summed E-state index contributed by atoms with van der Waals surface area (Å²) >= 11 is 1.82. The van der Waals surface area contributed by atoms with Crippen molar-refractivity contribution in [3.63, 3.8) is 0 Å². The number of unbranched alkanes of at least 4 members (excludes halogenated alkanes) is 1. The lowest BCUT2D eigenvalue weighted by Gasteiger charge is -2.24. The average Bonchev–Trinajstić information content (AvgIpc) is 3.26. The van der Waals surface area contributed by atoms with Gasteiger partial charge in [0, 0.05) is 36.6 Å². The van der Waals surface area contributed by atoms with Crippen LogP contribution in [0.5, 0.6) is 0 Å². The largest absolute Gasteiger partial charge is 0.327 e. The molecule has 0 aliphatic rings. The Morgan fingerprint density at radius 2 is 1.52 bits per heavy atom. The van der Waals surface area contributed by atoms with Crippen LogP contribution in [0.1, 0.15) is 36.6 Å². The van der Waals surface area contributed by atoms with Crippen molar-refractivity contribution in [2.45, 2.75) is 50.8 Å². The van der Waals surface area contributed by atoms with Crippen LogP contribution in [0, 0.1) is 0 Å². The first-order chi connectivity index (χ1) is 16.3. The van der Waals surface area contributed by atoms with Gasteiger partial charge in [-0.05, 0) is 29.9 Å². The molecule has 0 saturated heterocycles. The molecule has 33 heavy (non-hydrogen) atoms. The van der Waals surface area contributed by atoms with Gasteiger partial charge in [0.1, 0.15) is 5.82 Å². The summed E-state index contributed by atoms with van der Waals surface area (Å²) in [6.45, 7) is 5.92. The van der Waals surface area contributed by atoms with Gasteiger partial charge in [0.2, 0.25) is 0 Å². The molecule has 3 nitrogen and oxygen atoms in total. The second kappa shape index (κ2) is 11.9. The molecule has 170 valence electrons. The number of imidazole rings is 1. The van der Waals surface area contributed by atoms with Gasteiger partial charge in [0.15, 0.2) is 0 Å². The van der Waals surface area contributed by atoms with E-state index in [-0.39, 0.29) is 0 Å². The Hall–Kier alpha value is -2.82. The van der Waals surface area contributed by atoms with Crippen LogP contribution in [0.4, 0.5) is 0 Å². The van der Waals surface area contributed by atoms with Crippen molar-refractivity contribution in [3.05, 3.63) is 108 Å². The number of hydrogen-bond donors (Lipinski definition) is 0. The van der Waals surface area contributed by atoms with Gasteiger partial charge >= 0.3 is 0 Å².